The number of amides is 10. The Morgan fingerprint density at radius 1 is 0.704 bits per heavy atom. The zero-order chi connectivity index (χ0) is 60.8. The molecule has 4 aliphatic rings. The topological polar surface area (TPSA) is 253 Å². The summed E-state index contributed by atoms with van der Waals surface area (Å²) >= 11 is 0. The molecule has 10 amide bonds. The summed E-state index contributed by atoms with van der Waals surface area (Å²) < 4.78 is 6.11. The van der Waals surface area contributed by atoms with Crippen molar-refractivity contribution in [1.29, 1.82) is 0 Å². The maximum Gasteiger partial charge on any atom is 0.247 e. The highest BCUT2D eigenvalue weighted by molar-refractivity contribution is 5.98. The number of rotatable bonds is 30. The third kappa shape index (κ3) is 17.9. The molecule has 1 unspecified atom stereocenters. The van der Waals surface area contributed by atoms with E-state index in [1.54, 1.807) is 45.6 Å². The molecule has 21 nitrogen and oxygen atoms in total. The van der Waals surface area contributed by atoms with E-state index < -0.39 is 114 Å². The molecule has 81 heavy (non-hydrogen) atoms. The number of nitrogens with two attached hydrogens (primary N) is 1. The van der Waals surface area contributed by atoms with Gasteiger partial charge in [0.25, 0.3) is 0 Å². The van der Waals surface area contributed by atoms with Crippen molar-refractivity contribution in [2.24, 2.45) is 23.5 Å². The van der Waals surface area contributed by atoms with Crippen LogP contribution in [0.25, 0.3) is 0 Å². The minimum atomic E-state index is -1.41. The zero-order valence-corrected chi connectivity index (χ0v) is 50.6. The molecule has 0 spiro atoms. The molecule has 2 saturated carbocycles. The molecule has 0 radical (unpaired) electrons. The van der Waals surface area contributed by atoms with Gasteiger partial charge in [-0.25, -0.2) is 0 Å². The van der Waals surface area contributed by atoms with Crippen molar-refractivity contribution < 1.29 is 52.7 Å². The smallest absolute Gasteiger partial charge is 0.247 e. The van der Waals surface area contributed by atoms with Crippen LogP contribution in [0.15, 0.2) is 59.3 Å². The van der Waals surface area contributed by atoms with Crippen molar-refractivity contribution in [1.82, 2.24) is 44.9 Å². The second-order valence-electron chi connectivity index (χ2n) is 24.2. The molecule has 0 aromatic rings. The highest BCUT2D eigenvalue weighted by atomic mass is 16.5. The first-order valence-corrected chi connectivity index (χ1v) is 28.6. The van der Waals surface area contributed by atoms with Crippen LogP contribution >= 0.6 is 0 Å². The average molecular weight is 1130 g/mol. The van der Waals surface area contributed by atoms with E-state index in [0.717, 1.165) is 56.3 Å². The molecule has 6 atom stereocenters. The van der Waals surface area contributed by atoms with Crippen LogP contribution < -0.4 is 16.4 Å². The van der Waals surface area contributed by atoms with Crippen molar-refractivity contribution in [3.8, 4) is 0 Å². The zero-order valence-electron chi connectivity index (χ0n) is 50.6. The van der Waals surface area contributed by atoms with Gasteiger partial charge in [-0.2, -0.15) is 0 Å². The maximum atomic E-state index is 14.9. The van der Waals surface area contributed by atoms with E-state index in [1.165, 1.54) is 101 Å². The Kier molecular flexibility index (Phi) is 24.7. The minimum Gasteiger partial charge on any atom is -0.373 e. The van der Waals surface area contributed by atoms with E-state index in [4.69, 9.17) is 10.5 Å². The fourth-order valence-electron chi connectivity index (χ4n) is 11.5. The van der Waals surface area contributed by atoms with Crippen molar-refractivity contribution in [3.63, 3.8) is 0 Å². The van der Waals surface area contributed by atoms with Crippen LogP contribution in [0, 0.1) is 17.8 Å². The number of fused-ring (bicyclic) bond motifs is 4. The van der Waals surface area contributed by atoms with Crippen LogP contribution in [-0.2, 0) is 52.7 Å². The lowest BCUT2D eigenvalue weighted by atomic mass is 9.83. The van der Waals surface area contributed by atoms with E-state index in [2.05, 4.69) is 23.8 Å². The molecule has 21 heteroatoms. The molecular formula is C60H94N10O11. The second kappa shape index (κ2) is 29.9. The summed E-state index contributed by atoms with van der Waals surface area (Å²) in [5.41, 5.74) is 11.3. The van der Waals surface area contributed by atoms with Crippen LogP contribution in [0.3, 0.4) is 0 Å². The monoisotopic (exact) mass is 1130 g/mol. The molecule has 0 aromatic heterocycles. The van der Waals surface area contributed by atoms with Gasteiger partial charge in [0.2, 0.25) is 59.6 Å². The summed E-state index contributed by atoms with van der Waals surface area (Å²) in [6, 6.07) is -7.32. The van der Waals surface area contributed by atoms with Gasteiger partial charge in [0.1, 0.15) is 36.3 Å². The van der Waals surface area contributed by atoms with Crippen LogP contribution in [0.1, 0.15) is 126 Å². The third-order valence-corrected chi connectivity index (χ3v) is 16.2. The van der Waals surface area contributed by atoms with E-state index in [0.29, 0.717) is 31.5 Å². The van der Waals surface area contributed by atoms with Gasteiger partial charge in [0.15, 0.2) is 0 Å². The standard InChI is InChI=1S/C60H94N10O11/c1-16-21-39(17-2)29-49(67(13)51(73)33-64(10)36-71)59(80)68(14)48(28-37(3)4)55(76)63-46(35-81-60(7,8)9)57(78)69(15)53(38(5)6)56(77)62-45(58(79)70-26-19-18-20-27-70)32-50(72)65(11)34-52(74)66(12)47(54(61)75)31-44-42-24-25-43(44)41-23-22-40(42)30-41/h16-17,21,36-38,44-49,53H,1-2,18-20,22-35H2,3-15H3,(H2,61,75)(H,62,77)(H,63,76)/b39-21+/t45?,46-,47-,48-,49-,53-/m0/s1. The summed E-state index contributed by atoms with van der Waals surface area (Å²) in [6.45, 7) is 19.8. The molecule has 3 aliphatic carbocycles. The fraction of sp³-hybridized carbons (Fsp3) is 0.667. The number of hydrogen-bond donors (Lipinski definition) is 3. The molecule has 1 saturated heterocycles. The van der Waals surface area contributed by atoms with Gasteiger partial charge in [0.05, 0.1) is 31.7 Å². The van der Waals surface area contributed by atoms with Gasteiger partial charge in [-0.3, -0.25) is 47.9 Å². The number of nitrogens with one attached hydrogen (secondary N) is 2. The molecule has 3 fully saturated rings. The average Bonchev–Trinajstić information content (AvgIpc) is 3.99. The quantitative estimate of drug-likeness (QED) is 0.0533. The Morgan fingerprint density at radius 3 is 1.79 bits per heavy atom. The highest BCUT2D eigenvalue weighted by Gasteiger charge is 2.43. The lowest BCUT2D eigenvalue weighted by Crippen LogP contribution is -2.62. The first kappa shape index (κ1) is 66.9. The van der Waals surface area contributed by atoms with Gasteiger partial charge in [-0.15, -0.1) is 0 Å². The molecule has 4 N–H and O–H groups in total. The first-order valence-electron chi connectivity index (χ1n) is 28.6. The predicted octanol–water partition coefficient (Wildman–Crippen LogP) is 3.50. The lowest BCUT2D eigenvalue weighted by Gasteiger charge is -2.37. The largest absolute Gasteiger partial charge is 0.373 e. The number of likely N-dealkylation sites (N-methyl/N-ethyl adjacent to an activating group) is 6. The van der Waals surface area contributed by atoms with E-state index in [1.807, 2.05) is 13.8 Å². The summed E-state index contributed by atoms with van der Waals surface area (Å²) in [5.74, 6) is -6.28. The van der Waals surface area contributed by atoms with Gasteiger partial charge in [-0.1, -0.05) is 81.4 Å². The SMILES string of the molecule is C=C/C=C(\C=C)C[C@@H](C(=O)N(C)[C@@H](CC(C)C)C(=O)N[C@@H](COC(C)(C)C)C(=O)N(C)[C@H](C(=O)NC(CC(=O)N(C)CC(=O)N(C)[C@@H](CC1C2=C3CCC(=C1CC2)C3)C(N)=O)C(=O)N1CCCCC1)C(C)C)N(C)C(=O)CN(C)C=O. The number of carbonyl (C=O) groups is 10. The summed E-state index contributed by atoms with van der Waals surface area (Å²) in [5, 5.41) is 5.64. The number of piperidine rings is 1. The summed E-state index contributed by atoms with van der Waals surface area (Å²) in [4.78, 5) is 148. The molecule has 450 valence electrons. The molecule has 0 aromatic carbocycles. The molecule has 1 heterocycles. The predicted molar refractivity (Wildman–Crippen MR) is 309 cm³/mol. The minimum absolute atomic E-state index is 0.00363. The lowest BCUT2D eigenvalue weighted by molar-refractivity contribution is -0.150. The number of primary amides is 1. The summed E-state index contributed by atoms with van der Waals surface area (Å²) in [6.07, 6.45) is 12.5. The fourth-order valence-corrected chi connectivity index (χ4v) is 11.5. The van der Waals surface area contributed by atoms with E-state index >= 15 is 0 Å². The molecular weight excluding hydrogens is 1040 g/mol. The number of allylic oxidation sites excluding steroid dienone is 7. The Morgan fingerprint density at radius 2 is 1.27 bits per heavy atom. The highest BCUT2D eigenvalue weighted by Crippen LogP contribution is 2.53. The third-order valence-electron chi connectivity index (χ3n) is 16.2. The second-order valence-corrected chi connectivity index (χ2v) is 24.2. The number of carbonyl (C=O) groups excluding carboxylic acids is 10. The van der Waals surface area contributed by atoms with Crippen LogP contribution in [0.4, 0.5) is 0 Å². The number of nitrogens with zero attached hydrogens (tertiary/aromatic N) is 7. The Hall–Kier alpha value is -6.64. The van der Waals surface area contributed by atoms with Crippen molar-refractivity contribution in [3.05, 3.63) is 59.3 Å². The number of likely N-dealkylation sites (tertiary alicyclic amines) is 1. The Bertz CT molecular complexity index is 2440. The van der Waals surface area contributed by atoms with Gasteiger partial charge >= 0.3 is 0 Å². The number of hydrogen-bond acceptors (Lipinski definition) is 11. The van der Waals surface area contributed by atoms with Gasteiger partial charge < -0.3 is 55.4 Å². The van der Waals surface area contributed by atoms with Crippen LogP contribution in [0.2, 0.25) is 0 Å². The maximum absolute atomic E-state index is 14.9. The van der Waals surface area contributed by atoms with Crippen molar-refractivity contribution in [2.45, 2.75) is 167 Å². The Labute approximate surface area is 480 Å². The summed E-state index contributed by atoms with van der Waals surface area (Å²) in [7, 11) is 8.64. The van der Waals surface area contributed by atoms with Crippen molar-refractivity contribution >= 4 is 59.6 Å². The molecule has 1 aliphatic heterocycles. The van der Waals surface area contributed by atoms with Gasteiger partial charge in [-0.05, 0) is 102 Å². The van der Waals surface area contributed by atoms with E-state index in [-0.39, 0.29) is 37.8 Å². The van der Waals surface area contributed by atoms with Gasteiger partial charge in [0, 0.05) is 67.7 Å². The Balaban J connectivity index is 1.59. The molecule has 4 rings (SSSR count). The molecule has 4 bridgehead atoms. The van der Waals surface area contributed by atoms with E-state index in [9.17, 15) is 47.9 Å². The normalized spacial score (nSPS) is 17.6. The van der Waals surface area contributed by atoms with Crippen molar-refractivity contribution in [2.75, 3.05) is 75.1 Å². The number of ether oxygens (including phenoxy) is 1. The van der Waals surface area contributed by atoms with Crippen LogP contribution in [0.5, 0.6) is 0 Å². The first-order chi connectivity index (χ1) is 38.0. The van der Waals surface area contributed by atoms with Crippen LogP contribution in [-0.4, -0.2) is 211 Å².